The van der Waals surface area contributed by atoms with E-state index in [-0.39, 0.29) is 18.4 Å². The van der Waals surface area contributed by atoms with Gasteiger partial charge in [-0.15, -0.1) is 0 Å². The van der Waals surface area contributed by atoms with Gasteiger partial charge in [0, 0.05) is 17.1 Å². The minimum absolute atomic E-state index is 0.105. The van der Waals surface area contributed by atoms with Crippen LogP contribution in [-0.2, 0) is 11.2 Å². The molecule has 0 unspecified atom stereocenters. The fourth-order valence-electron chi connectivity index (χ4n) is 1.62. The normalized spacial score (nSPS) is 10.6. The van der Waals surface area contributed by atoms with Gasteiger partial charge in [0.1, 0.15) is 5.82 Å². The van der Waals surface area contributed by atoms with E-state index < -0.39 is 17.5 Å². The van der Waals surface area contributed by atoms with Crippen LogP contribution in [-0.4, -0.2) is 21.0 Å². The molecule has 17 heavy (non-hydrogen) atoms. The molecule has 2 N–H and O–H groups in total. The summed E-state index contributed by atoms with van der Waals surface area (Å²) in [5.74, 6) is -1.45. The van der Waals surface area contributed by atoms with Gasteiger partial charge in [0.05, 0.1) is 11.9 Å². The zero-order chi connectivity index (χ0) is 12.4. The number of benzene rings is 1. The first-order chi connectivity index (χ1) is 8.06. The number of aromatic nitrogens is 2. The third-order valence-electron chi connectivity index (χ3n) is 2.35. The molecule has 0 spiro atoms. The first kappa shape index (κ1) is 11.3. The molecule has 0 bridgehead atoms. The molecule has 0 saturated carbocycles. The van der Waals surface area contributed by atoms with Crippen molar-refractivity contribution in [2.24, 2.45) is 0 Å². The van der Waals surface area contributed by atoms with Crippen LogP contribution in [0.4, 0.5) is 4.39 Å². The summed E-state index contributed by atoms with van der Waals surface area (Å²) in [6.07, 6.45) is 0.0711. The van der Waals surface area contributed by atoms with E-state index in [1.807, 2.05) is 0 Å². The van der Waals surface area contributed by atoms with Crippen LogP contribution in [0.2, 0.25) is 0 Å². The number of rotatable bonds is 3. The third kappa shape index (κ3) is 2.47. The summed E-state index contributed by atoms with van der Waals surface area (Å²) in [6, 6.07) is 3.87. The van der Waals surface area contributed by atoms with Gasteiger partial charge in [0.25, 0.3) is 0 Å². The molecule has 88 valence electrons. The monoisotopic (exact) mass is 236 g/mol. The highest BCUT2D eigenvalue weighted by atomic mass is 19.1. The van der Waals surface area contributed by atoms with Gasteiger partial charge in [-0.25, -0.2) is 9.18 Å². The number of carboxylic acids is 1. The van der Waals surface area contributed by atoms with Crippen LogP contribution in [0.15, 0.2) is 23.0 Å². The summed E-state index contributed by atoms with van der Waals surface area (Å²) >= 11 is 0. The third-order valence-corrected chi connectivity index (χ3v) is 2.35. The molecule has 0 amide bonds. The van der Waals surface area contributed by atoms with Crippen molar-refractivity contribution >= 4 is 16.9 Å². The van der Waals surface area contributed by atoms with Crippen molar-refractivity contribution in [3.63, 3.8) is 0 Å². The lowest BCUT2D eigenvalue weighted by atomic mass is 10.1. The van der Waals surface area contributed by atoms with Crippen molar-refractivity contribution in [2.75, 3.05) is 0 Å². The molecule has 6 heteroatoms. The fourth-order valence-corrected chi connectivity index (χ4v) is 1.62. The SMILES string of the molecule is O=C(O)CCc1[nH]c(=O)nc2cc(F)ccc12. The Bertz CT molecular complexity index is 636. The summed E-state index contributed by atoms with van der Waals surface area (Å²) in [7, 11) is 0. The topological polar surface area (TPSA) is 83.0 Å². The Balaban J connectivity index is 2.53. The highest BCUT2D eigenvalue weighted by molar-refractivity contribution is 5.81. The lowest BCUT2D eigenvalue weighted by Gasteiger charge is -2.04. The van der Waals surface area contributed by atoms with Crippen molar-refractivity contribution in [1.82, 2.24) is 9.97 Å². The van der Waals surface area contributed by atoms with Gasteiger partial charge in [-0.2, -0.15) is 4.98 Å². The number of aryl methyl sites for hydroxylation is 1. The summed E-state index contributed by atoms with van der Waals surface area (Å²) < 4.78 is 13.0. The minimum Gasteiger partial charge on any atom is -0.481 e. The second-order valence-electron chi connectivity index (χ2n) is 3.58. The molecule has 5 nitrogen and oxygen atoms in total. The van der Waals surface area contributed by atoms with Crippen molar-refractivity contribution in [3.05, 3.63) is 40.2 Å². The van der Waals surface area contributed by atoms with Crippen molar-refractivity contribution in [2.45, 2.75) is 12.8 Å². The van der Waals surface area contributed by atoms with E-state index in [9.17, 15) is 14.0 Å². The van der Waals surface area contributed by atoms with E-state index in [1.54, 1.807) is 0 Å². The molecular formula is C11H9FN2O3. The zero-order valence-corrected chi connectivity index (χ0v) is 8.74. The number of hydrogen-bond donors (Lipinski definition) is 2. The zero-order valence-electron chi connectivity index (χ0n) is 8.74. The molecule has 2 aromatic rings. The van der Waals surface area contributed by atoms with E-state index in [0.717, 1.165) is 6.07 Å². The van der Waals surface area contributed by atoms with Crippen LogP contribution in [0.5, 0.6) is 0 Å². The van der Waals surface area contributed by atoms with Crippen LogP contribution < -0.4 is 5.69 Å². The number of hydrogen-bond acceptors (Lipinski definition) is 3. The van der Waals surface area contributed by atoms with E-state index >= 15 is 0 Å². The van der Waals surface area contributed by atoms with Gasteiger partial charge < -0.3 is 10.1 Å². The smallest absolute Gasteiger partial charge is 0.345 e. The summed E-state index contributed by atoms with van der Waals surface area (Å²) in [6.45, 7) is 0. The molecule has 0 saturated heterocycles. The Morgan fingerprint density at radius 3 is 2.94 bits per heavy atom. The predicted molar refractivity (Wildman–Crippen MR) is 58.3 cm³/mol. The molecule has 2 rings (SSSR count). The van der Waals surface area contributed by atoms with E-state index in [2.05, 4.69) is 9.97 Å². The molecule has 1 heterocycles. The summed E-state index contributed by atoms with van der Waals surface area (Å²) in [5.41, 5.74) is 0.0834. The fraction of sp³-hybridized carbons (Fsp3) is 0.182. The van der Waals surface area contributed by atoms with Gasteiger partial charge in [0.2, 0.25) is 0 Å². The summed E-state index contributed by atoms with van der Waals surface area (Å²) in [4.78, 5) is 27.8. The number of aliphatic carboxylic acids is 1. The molecule has 0 radical (unpaired) electrons. The maximum atomic E-state index is 13.0. The quantitative estimate of drug-likeness (QED) is 0.835. The van der Waals surface area contributed by atoms with Gasteiger partial charge in [0.15, 0.2) is 0 Å². The summed E-state index contributed by atoms with van der Waals surface area (Å²) in [5, 5.41) is 9.15. The molecule has 0 aliphatic carbocycles. The van der Waals surface area contributed by atoms with Crippen LogP contribution in [0.25, 0.3) is 10.9 Å². The maximum Gasteiger partial charge on any atom is 0.345 e. The highest BCUT2D eigenvalue weighted by Gasteiger charge is 2.07. The average molecular weight is 236 g/mol. The van der Waals surface area contributed by atoms with Gasteiger partial charge in [-0.1, -0.05) is 0 Å². The first-order valence-electron chi connectivity index (χ1n) is 4.96. The Hall–Kier alpha value is -2.24. The second kappa shape index (κ2) is 4.32. The number of fused-ring (bicyclic) bond motifs is 1. The first-order valence-corrected chi connectivity index (χ1v) is 4.96. The molecule has 1 aromatic carbocycles. The van der Waals surface area contributed by atoms with Crippen LogP contribution in [0.3, 0.4) is 0 Å². The van der Waals surface area contributed by atoms with Crippen LogP contribution in [0.1, 0.15) is 12.1 Å². The predicted octanol–water partition coefficient (Wildman–Crippen LogP) is 1.08. The lowest BCUT2D eigenvalue weighted by molar-refractivity contribution is -0.136. The van der Waals surface area contributed by atoms with Gasteiger partial charge in [-0.3, -0.25) is 4.79 Å². The molecule has 0 fully saturated rings. The number of carboxylic acid groups (broad SMARTS) is 1. The van der Waals surface area contributed by atoms with Gasteiger partial charge >= 0.3 is 11.7 Å². The number of H-pyrrole nitrogens is 1. The Labute approximate surface area is 94.9 Å². The Morgan fingerprint density at radius 1 is 1.47 bits per heavy atom. The molecule has 0 aliphatic rings. The maximum absolute atomic E-state index is 13.0. The number of carbonyl (C=O) groups is 1. The average Bonchev–Trinajstić information content (AvgIpc) is 2.24. The van der Waals surface area contributed by atoms with Gasteiger partial charge in [-0.05, 0) is 18.6 Å². The Morgan fingerprint density at radius 2 is 2.24 bits per heavy atom. The van der Waals surface area contributed by atoms with E-state index in [0.29, 0.717) is 11.1 Å². The van der Waals surface area contributed by atoms with Crippen LogP contribution >= 0.6 is 0 Å². The highest BCUT2D eigenvalue weighted by Crippen LogP contribution is 2.15. The standard InChI is InChI=1S/C11H9FN2O3/c12-6-1-2-7-8(3-4-10(15)16)13-11(17)14-9(7)5-6/h1-2,5H,3-4H2,(H,15,16)(H,13,14,17). The van der Waals surface area contributed by atoms with E-state index in [4.69, 9.17) is 5.11 Å². The molecule has 0 aliphatic heterocycles. The number of aromatic amines is 1. The van der Waals surface area contributed by atoms with Crippen LogP contribution in [0, 0.1) is 5.82 Å². The Kier molecular flexibility index (Phi) is 2.86. The van der Waals surface area contributed by atoms with Crippen molar-refractivity contribution in [1.29, 1.82) is 0 Å². The molecule has 1 aromatic heterocycles. The molecular weight excluding hydrogens is 227 g/mol. The number of nitrogens with zero attached hydrogens (tertiary/aromatic N) is 1. The second-order valence-corrected chi connectivity index (χ2v) is 3.58. The van der Waals surface area contributed by atoms with E-state index in [1.165, 1.54) is 12.1 Å². The lowest BCUT2D eigenvalue weighted by Crippen LogP contribution is -2.14. The largest absolute Gasteiger partial charge is 0.481 e. The molecule has 0 atom stereocenters. The number of nitrogens with one attached hydrogen (secondary N) is 1. The minimum atomic E-state index is -0.960. The van der Waals surface area contributed by atoms with Crippen molar-refractivity contribution in [3.8, 4) is 0 Å². The number of halogens is 1. The van der Waals surface area contributed by atoms with Crippen molar-refractivity contribution < 1.29 is 14.3 Å².